The Morgan fingerprint density at radius 1 is 0.625 bits per heavy atom. The van der Waals surface area contributed by atoms with E-state index in [1.807, 2.05) is 60.9 Å². The first kappa shape index (κ1) is 28.1. The van der Waals surface area contributed by atoms with Crippen molar-refractivity contribution in [3.63, 3.8) is 0 Å². The number of H-pyrrole nitrogens is 2. The molecule has 0 bridgehead atoms. The van der Waals surface area contributed by atoms with Crippen molar-refractivity contribution in [3.05, 3.63) is 73.1 Å². The van der Waals surface area contributed by atoms with Crippen LogP contribution in [0.1, 0.15) is 0 Å². The fourth-order valence-electron chi connectivity index (χ4n) is 5.50. The summed E-state index contributed by atoms with van der Waals surface area (Å²) in [5.41, 5.74) is 0. The maximum absolute atomic E-state index is 10.5. The molecule has 2 aliphatic rings. The Morgan fingerprint density at radius 3 is 1.38 bits per heavy atom. The Balaban J connectivity index is 0.952. The lowest BCUT2D eigenvalue weighted by Gasteiger charge is -2.29. The van der Waals surface area contributed by atoms with Gasteiger partial charge in [0.2, 0.25) is 0 Å². The van der Waals surface area contributed by atoms with Crippen molar-refractivity contribution in [2.75, 3.05) is 88.5 Å². The van der Waals surface area contributed by atoms with Gasteiger partial charge in [0.1, 0.15) is 102 Å². The van der Waals surface area contributed by atoms with Crippen LogP contribution in [0.3, 0.4) is 0 Å². The Hall–Kier alpha value is -3.44. The highest BCUT2D eigenvalue weighted by Crippen LogP contribution is 2.18. The molecule has 0 saturated carbocycles. The molecule has 0 amide bonds. The van der Waals surface area contributed by atoms with Gasteiger partial charge < -0.3 is 29.5 Å². The minimum Gasteiger partial charge on any atom is -0.491 e. The smallest absolute Gasteiger partial charge is 0.274 e. The molecule has 2 saturated heterocycles. The number of quaternary nitrogens is 2. The zero-order valence-corrected chi connectivity index (χ0v) is 23.2. The van der Waals surface area contributed by atoms with Crippen molar-refractivity contribution in [2.24, 2.45) is 0 Å². The van der Waals surface area contributed by atoms with E-state index in [1.165, 1.54) is 9.80 Å². The van der Waals surface area contributed by atoms with Gasteiger partial charge in [-0.3, -0.25) is 9.80 Å². The molecule has 6 N–H and O–H groups in total. The summed E-state index contributed by atoms with van der Waals surface area (Å²) in [5.74, 6) is 3.68. The summed E-state index contributed by atoms with van der Waals surface area (Å²) in [7, 11) is 0. The second-order valence-electron chi connectivity index (χ2n) is 10.8. The predicted octanol–water partition coefficient (Wildman–Crippen LogP) is -2.40. The molecular formula is C30H44N6O4+4. The molecule has 10 heteroatoms. The maximum Gasteiger partial charge on any atom is 0.274 e. The number of nitrogens with one attached hydrogen (secondary N) is 4. The Bertz CT molecular complexity index is 1030. The summed E-state index contributed by atoms with van der Waals surface area (Å²) < 4.78 is 11.7. The van der Waals surface area contributed by atoms with Crippen molar-refractivity contribution < 1.29 is 39.5 Å². The number of ether oxygens (including phenoxy) is 2. The zero-order valence-electron chi connectivity index (χ0n) is 23.2. The SMILES string of the molecule is O[C@H](COc1ccc(OC[C@H](O)C[NH+]2CCN(c3cccc[nH+]3)CC2)cc1)C[NH+]1CCN(c2cccc[nH+]2)CC1. The standard InChI is InChI=1S/C30H40N6O4/c37-25(21-33-13-17-35(18-14-33)29-5-1-3-11-31-29)23-39-27-7-9-28(10-8-27)40-24-26(38)22-34-15-19-36(20-16-34)30-6-2-4-12-32-30/h1-12,25-26,37-38H,13-24H2/p+4/t25-,26+. The highest BCUT2D eigenvalue weighted by molar-refractivity contribution is 5.33. The number of aromatic nitrogens is 2. The van der Waals surface area contributed by atoms with Crippen LogP contribution in [0.15, 0.2) is 73.1 Å². The number of benzene rings is 1. The third kappa shape index (κ3) is 8.28. The van der Waals surface area contributed by atoms with Gasteiger partial charge in [0, 0.05) is 12.1 Å². The summed E-state index contributed by atoms with van der Waals surface area (Å²) in [6.07, 6.45) is 2.86. The lowest BCUT2D eigenvalue weighted by Crippen LogP contribution is -3.16. The largest absolute Gasteiger partial charge is 0.491 e. The van der Waals surface area contributed by atoms with Crippen LogP contribution in [0.4, 0.5) is 11.6 Å². The average Bonchev–Trinajstić information content (AvgIpc) is 3.01. The van der Waals surface area contributed by atoms with Crippen molar-refractivity contribution in [1.29, 1.82) is 0 Å². The molecule has 0 spiro atoms. The van der Waals surface area contributed by atoms with E-state index in [2.05, 4.69) is 31.9 Å². The number of anilines is 2. The van der Waals surface area contributed by atoms with Crippen LogP contribution < -0.4 is 39.0 Å². The topological polar surface area (TPSA) is 103 Å². The summed E-state index contributed by atoms with van der Waals surface area (Å²) in [6.45, 7) is 9.67. The van der Waals surface area contributed by atoms with E-state index in [4.69, 9.17) is 9.47 Å². The number of aromatic amines is 2. The van der Waals surface area contributed by atoms with Crippen molar-refractivity contribution >= 4 is 11.6 Å². The van der Waals surface area contributed by atoms with Gasteiger partial charge >= 0.3 is 0 Å². The third-order valence-electron chi connectivity index (χ3n) is 7.76. The molecule has 0 radical (unpaired) electrons. The molecule has 4 heterocycles. The summed E-state index contributed by atoms with van der Waals surface area (Å²) in [6, 6.07) is 19.7. The molecule has 214 valence electrons. The van der Waals surface area contributed by atoms with E-state index in [0.717, 1.165) is 64.0 Å². The normalized spacial score (nSPS) is 18.4. The molecule has 10 nitrogen and oxygen atoms in total. The molecule has 1 aromatic carbocycles. The highest BCUT2D eigenvalue weighted by atomic mass is 16.5. The van der Waals surface area contributed by atoms with Crippen LogP contribution in [0, 0.1) is 0 Å². The first-order valence-electron chi connectivity index (χ1n) is 14.4. The molecular weight excluding hydrogens is 508 g/mol. The second kappa shape index (κ2) is 14.3. The first-order valence-corrected chi connectivity index (χ1v) is 14.4. The fraction of sp³-hybridized carbons (Fsp3) is 0.467. The molecule has 2 aliphatic heterocycles. The molecule has 40 heavy (non-hydrogen) atoms. The van der Waals surface area contributed by atoms with E-state index >= 15 is 0 Å². The van der Waals surface area contributed by atoms with E-state index < -0.39 is 12.2 Å². The van der Waals surface area contributed by atoms with Crippen LogP contribution in [-0.4, -0.2) is 101 Å². The van der Waals surface area contributed by atoms with Crippen molar-refractivity contribution in [3.8, 4) is 11.5 Å². The van der Waals surface area contributed by atoms with Crippen LogP contribution in [0.5, 0.6) is 11.5 Å². The van der Waals surface area contributed by atoms with Gasteiger partial charge in [-0.05, 0) is 36.4 Å². The van der Waals surface area contributed by atoms with Gasteiger partial charge in [-0.2, -0.15) is 0 Å². The summed E-state index contributed by atoms with van der Waals surface area (Å²) in [4.78, 5) is 14.1. The number of aliphatic hydroxyl groups is 2. The molecule has 0 aliphatic carbocycles. The minimum absolute atomic E-state index is 0.261. The first-order chi connectivity index (χ1) is 19.6. The van der Waals surface area contributed by atoms with Gasteiger partial charge in [-0.1, -0.05) is 12.1 Å². The van der Waals surface area contributed by atoms with Gasteiger partial charge in [0.15, 0.2) is 0 Å². The lowest BCUT2D eigenvalue weighted by atomic mass is 10.2. The number of hydrogen-bond donors (Lipinski definition) is 4. The highest BCUT2D eigenvalue weighted by Gasteiger charge is 2.28. The quantitative estimate of drug-likeness (QED) is 0.200. The molecule has 3 aromatic rings. The average molecular weight is 553 g/mol. The van der Waals surface area contributed by atoms with Gasteiger partial charge in [-0.15, -0.1) is 0 Å². The summed E-state index contributed by atoms with van der Waals surface area (Å²) in [5, 5.41) is 21.1. The fourth-order valence-corrected chi connectivity index (χ4v) is 5.50. The Morgan fingerprint density at radius 2 is 1.02 bits per heavy atom. The van der Waals surface area contributed by atoms with E-state index in [1.54, 1.807) is 0 Å². The molecule has 2 atom stereocenters. The molecule has 2 fully saturated rings. The number of aliphatic hydroxyl groups excluding tert-OH is 2. The summed E-state index contributed by atoms with van der Waals surface area (Å²) >= 11 is 0. The second-order valence-corrected chi connectivity index (χ2v) is 10.8. The van der Waals surface area contributed by atoms with Crippen molar-refractivity contribution in [1.82, 2.24) is 0 Å². The maximum atomic E-state index is 10.5. The Labute approximate surface area is 236 Å². The van der Waals surface area contributed by atoms with Crippen LogP contribution >= 0.6 is 0 Å². The van der Waals surface area contributed by atoms with Gasteiger partial charge in [-0.25, -0.2) is 9.97 Å². The number of pyridine rings is 2. The van der Waals surface area contributed by atoms with E-state index in [-0.39, 0.29) is 13.2 Å². The number of rotatable bonds is 12. The minimum atomic E-state index is -0.522. The van der Waals surface area contributed by atoms with Crippen LogP contribution in [0.2, 0.25) is 0 Å². The number of nitrogens with zero attached hydrogens (tertiary/aromatic N) is 2. The number of hydrogen-bond acceptors (Lipinski definition) is 6. The number of piperazine rings is 2. The predicted molar refractivity (Wildman–Crippen MR) is 151 cm³/mol. The van der Waals surface area contributed by atoms with Crippen LogP contribution in [0.25, 0.3) is 0 Å². The monoisotopic (exact) mass is 552 g/mol. The third-order valence-corrected chi connectivity index (χ3v) is 7.76. The lowest BCUT2D eigenvalue weighted by molar-refractivity contribution is -0.903. The molecule has 0 unspecified atom stereocenters. The van der Waals surface area contributed by atoms with Gasteiger partial charge in [0.05, 0.1) is 12.4 Å². The zero-order chi connectivity index (χ0) is 27.6. The Kier molecular flexibility index (Phi) is 10.0. The van der Waals surface area contributed by atoms with E-state index in [0.29, 0.717) is 24.6 Å². The van der Waals surface area contributed by atoms with Crippen molar-refractivity contribution in [2.45, 2.75) is 12.2 Å². The van der Waals surface area contributed by atoms with E-state index in [9.17, 15) is 10.2 Å². The van der Waals surface area contributed by atoms with Gasteiger partial charge in [0.25, 0.3) is 11.6 Å². The molecule has 2 aromatic heterocycles. The molecule has 5 rings (SSSR count). The van der Waals surface area contributed by atoms with Crippen LogP contribution in [-0.2, 0) is 0 Å².